The van der Waals surface area contributed by atoms with Crippen LogP contribution in [0.25, 0.3) is 11.3 Å². The largest absolute Gasteiger partial charge is 0.343 e. The fourth-order valence-electron chi connectivity index (χ4n) is 1.66. The van der Waals surface area contributed by atoms with Crippen molar-refractivity contribution in [2.45, 2.75) is 20.3 Å². The summed E-state index contributed by atoms with van der Waals surface area (Å²) >= 11 is 5.10. The number of aromatic amines is 1. The van der Waals surface area contributed by atoms with Crippen molar-refractivity contribution in [2.75, 3.05) is 0 Å². The van der Waals surface area contributed by atoms with Crippen molar-refractivity contribution in [1.82, 2.24) is 9.97 Å². The van der Waals surface area contributed by atoms with E-state index in [0.29, 0.717) is 4.64 Å². The van der Waals surface area contributed by atoms with E-state index in [0.717, 1.165) is 23.5 Å². The van der Waals surface area contributed by atoms with Gasteiger partial charge in [0.25, 0.3) is 0 Å². The van der Waals surface area contributed by atoms with Crippen molar-refractivity contribution in [2.24, 2.45) is 0 Å². The molecule has 2 nitrogen and oxygen atoms in total. The Morgan fingerprint density at radius 3 is 2.50 bits per heavy atom. The summed E-state index contributed by atoms with van der Waals surface area (Å²) in [6.07, 6.45) is 1.06. The molecule has 0 aliphatic rings. The number of nitrogens with one attached hydrogen (secondary N) is 1. The van der Waals surface area contributed by atoms with Gasteiger partial charge in [-0.25, -0.2) is 4.98 Å². The van der Waals surface area contributed by atoms with Crippen molar-refractivity contribution < 1.29 is 0 Å². The van der Waals surface area contributed by atoms with Gasteiger partial charge in [-0.3, -0.25) is 0 Å². The van der Waals surface area contributed by atoms with Crippen LogP contribution in [0.4, 0.5) is 0 Å². The van der Waals surface area contributed by atoms with Gasteiger partial charge in [0.15, 0.2) is 0 Å². The summed E-state index contributed by atoms with van der Waals surface area (Å²) in [5, 5.41) is 0. The molecule has 0 unspecified atom stereocenters. The Balaban J connectivity index is 2.46. The normalized spacial score (nSPS) is 10.4. The van der Waals surface area contributed by atoms with Gasteiger partial charge in [-0.05, 0) is 30.5 Å². The summed E-state index contributed by atoms with van der Waals surface area (Å²) in [6, 6.07) is 10.4. The lowest BCUT2D eigenvalue weighted by molar-refractivity contribution is 1.05. The molecule has 2 aromatic rings. The first-order chi connectivity index (χ1) is 7.69. The zero-order chi connectivity index (χ0) is 11.5. The Kier molecular flexibility index (Phi) is 3.15. The monoisotopic (exact) mass is 230 g/mol. The van der Waals surface area contributed by atoms with Gasteiger partial charge in [0.2, 0.25) is 0 Å². The Morgan fingerprint density at radius 2 is 1.94 bits per heavy atom. The summed E-state index contributed by atoms with van der Waals surface area (Å²) < 4.78 is 0.630. The van der Waals surface area contributed by atoms with Gasteiger partial charge in [0, 0.05) is 5.69 Å². The van der Waals surface area contributed by atoms with Crippen LogP contribution in [0, 0.1) is 11.6 Å². The van der Waals surface area contributed by atoms with E-state index in [2.05, 4.69) is 41.2 Å². The molecule has 0 bridgehead atoms. The lowest BCUT2D eigenvalue weighted by Gasteiger charge is -2.04. The predicted octanol–water partition coefficient (Wildman–Crippen LogP) is 3.68. The SMILES string of the molecule is CCc1ccc(-c2cc(=S)nc(C)[nH]2)cc1. The average molecular weight is 230 g/mol. The molecule has 0 fully saturated rings. The number of aryl methyl sites for hydroxylation is 2. The number of H-pyrrole nitrogens is 1. The third kappa shape index (κ3) is 2.36. The van der Waals surface area contributed by atoms with Crippen LogP contribution < -0.4 is 0 Å². The molecule has 0 spiro atoms. The van der Waals surface area contributed by atoms with E-state index in [9.17, 15) is 0 Å². The highest BCUT2D eigenvalue weighted by Gasteiger charge is 1.99. The van der Waals surface area contributed by atoms with E-state index in [1.54, 1.807) is 0 Å². The second-order valence-electron chi connectivity index (χ2n) is 3.77. The topological polar surface area (TPSA) is 28.7 Å². The molecule has 0 amide bonds. The minimum absolute atomic E-state index is 0.630. The molecule has 82 valence electrons. The summed E-state index contributed by atoms with van der Waals surface area (Å²) in [4.78, 5) is 7.38. The van der Waals surface area contributed by atoms with Gasteiger partial charge in [0.1, 0.15) is 10.5 Å². The minimum Gasteiger partial charge on any atom is -0.343 e. The smallest absolute Gasteiger partial charge is 0.130 e. The number of rotatable bonds is 2. The van der Waals surface area contributed by atoms with Crippen molar-refractivity contribution in [3.63, 3.8) is 0 Å². The molecule has 0 aliphatic carbocycles. The fourth-order valence-corrected chi connectivity index (χ4v) is 1.91. The molecule has 1 aromatic heterocycles. The molecule has 3 heteroatoms. The number of hydrogen-bond donors (Lipinski definition) is 1. The summed E-state index contributed by atoms with van der Waals surface area (Å²) in [5.74, 6) is 0.849. The van der Waals surface area contributed by atoms with Gasteiger partial charge in [0.05, 0.1) is 0 Å². The number of hydrogen-bond acceptors (Lipinski definition) is 2. The van der Waals surface area contributed by atoms with Crippen LogP contribution in [0.3, 0.4) is 0 Å². The summed E-state index contributed by atoms with van der Waals surface area (Å²) in [5.41, 5.74) is 3.52. The molecule has 16 heavy (non-hydrogen) atoms. The molecule has 0 saturated carbocycles. The van der Waals surface area contributed by atoms with Crippen LogP contribution in [-0.4, -0.2) is 9.97 Å². The molecular formula is C13H14N2S. The second-order valence-corrected chi connectivity index (χ2v) is 4.19. The van der Waals surface area contributed by atoms with E-state index < -0.39 is 0 Å². The van der Waals surface area contributed by atoms with Gasteiger partial charge < -0.3 is 4.98 Å². The maximum Gasteiger partial charge on any atom is 0.130 e. The third-order valence-electron chi connectivity index (χ3n) is 2.53. The Morgan fingerprint density at radius 1 is 1.25 bits per heavy atom. The predicted molar refractivity (Wildman–Crippen MR) is 69.0 cm³/mol. The maximum atomic E-state index is 5.10. The summed E-state index contributed by atoms with van der Waals surface area (Å²) in [6.45, 7) is 4.07. The van der Waals surface area contributed by atoms with Crippen molar-refractivity contribution in [1.29, 1.82) is 0 Å². The number of nitrogens with zero attached hydrogens (tertiary/aromatic N) is 1. The molecule has 1 heterocycles. The Hall–Kier alpha value is -1.48. The lowest BCUT2D eigenvalue weighted by atomic mass is 10.1. The molecule has 0 aliphatic heterocycles. The highest BCUT2D eigenvalue weighted by Crippen LogP contribution is 2.17. The first-order valence-corrected chi connectivity index (χ1v) is 5.77. The van der Waals surface area contributed by atoms with Gasteiger partial charge in [-0.2, -0.15) is 0 Å². The number of aromatic nitrogens is 2. The fraction of sp³-hybridized carbons (Fsp3) is 0.231. The van der Waals surface area contributed by atoms with Gasteiger partial charge >= 0.3 is 0 Å². The molecule has 0 saturated heterocycles. The van der Waals surface area contributed by atoms with Gasteiger partial charge in [-0.15, -0.1) is 0 Å². The van der Waals surface area contributed by atoms with E-state index in [1.165, 1.54) is 5.56 Å². The zero-order valence-electron chi connectivity index (χ0n) is 9.45. The highest BCUT2D eigenvalue weighted by atomic mass is 32.1. The minimum atomic E-state index is 0.630. The Bertz CT molecular complexity index is 541. The third-order valence-corrected chi connectivity index (χ3v) is 2.74. The van der Waals surface area contributed by atoms with Crippen LogP contribution in [0.1, 0.15) is 18.3 Å². The van der Waals surface area contributed by atoms with Crippen LogP contribution in [0.5, 0.6) is 0 Å². The van der Waals surface area contributed by atoms with Crippen molar-refractivity contribution >= 4 is 12.2 Å². The molecule has 0 radical (unpaired) electrons. The molecular weight excluding hydrogens is 216 g/mol. The molecule has 0 atom stereocenters. The van der Waals surface area contributed by atoms with Gasteiger partial charge in [-0.1, -0.05) is 43.4 Å². The quantitative estimate of drug-likeness (QED) is 0.797. The zero-order valence-corrected chi connectivity index (χ0v) is 10.3. The molecule has 1 aromatic carbocycles. The maximum absolute atomic E-state index is 5.10. The van der Waals surface area contributed by atoms with Crippen molar-refractivity contribution in [3.8, 4) is 11.3 Å². The first kappa shape index (κ1) is 11.0. The number of benzene rings is 1. The van der Waals surface area contributed by atoms with Crippen LogP contribution >= 0.6 is 12.2 Å². The Labute approximate surface area is 100 Å². The van der Waals surface area contributed by atoms with E-state index >= 15 is 0 Å². The van der Waals surface area contributed by atoms with Crippen molar-refractivity contribution in [3.05, 3.63) is 46.4 Å². The first-order valence-electron chi connectivity index (χ1n) is 5.36. The van der Waals surface area contributed by atoms with Crippen LogP contribution in [-0.2, 0) is 6.42 Å². The van der Waals surface area contributed by atoms with E-state index in [1.807, 2.05) is 13.0 Å². The lowest BCUT2D eigenvalue weighted by Crippen LogP contribution is -1.91. The molecule has 1 N–H and O–H groups in total. The highest BCUT2D eigenvalue weighted by molar-refractivity contribution is 7.71. The summed E-state index contributed by atoms with van der Waals surface area (Å²) in [7, 11) is 0. The van der Waals surface area contributed by atoms with Crippen LogP contribution in [0.15, 0.2) is 30.3 Å². The standard InChI is InChI=1S/C13H14N2S/c1-3-10-4-6-11(7-5-10)12-8-13(16)15-9(2)14-12/h4-8H,3H2,1-2H3,(H,14,15,16). The molecule has 2 rings (SSSR count). The van der Waals surface area contributed by atoms with E-state index in [-0.39, 0.29) is 0 Å². The second kappa shape index (κ2) is 4.58. The van der Waals surface area contributed by atoms with Crippen LogP contribution in [0.2, 0.25) is 0 Å². The van der Waals surface area contributed by atoms with E-state index in [4.69, 9.17) is 12.2 Å². The average Bonchev–Trinajstić information content (AvgIpc) is 2.28.